The molecule has 2 atom stereocenters. The number of aromatic hydroxyl groups is 2. The van der Waals surface area contributed by atoms with Crippen molar-refractivity contribution in [3.05, 3.63) is 58.6 Å². The molecule has 4 rings (SSSR count). The smallest absolute Gasteiger partial charge is 0.350 e. The van der Waals surface area contributed by atoms with Crippen molar-refractivity contribution in [1.29, 1.82) is 0 Å². The Hall–Kier alpha value is -4.05. The summed E-state index contributed by atoms with van der Waals surface area (Å²) in [5, 5.41) is 35.7. The molecule has 36 heavy (non-hydrogen) atoms. The lowest BCUT2D eigenvalue weighted by Crippen LogP contribution is -2.37. The van der Waals surface area contributed by atoms with Crippen molar-refractivity contribution in [2.75, 3.05) is 0 Å². The van der Waals surface area contributed by atoms with Gasteiger partial charge in [0.05, 0.1) is 11.3 Å². The summed E-state index contributed by atoms with van der Waals surface area (Å²) in [6.45, 7) is 5.69. The number of benzene rings is 2. The number of aliphatic carboxylic acids is 1. The van der Waals surface area contributed by atoms with Crippen molar-refractivity contribution >= 4 is 16.9 Å². The molecule has 5 N–H and O–H groups in total. The number of phenols is 2. The van der Waals surface area contributed by atoms with E-state index in [9.17, 15) is 24.9 Å². The molecule has 0 aliphatic carbocycles. The van der Waals surface area contributed by atoms with Gasteiger partial charge < -0.3 is 25.6 Å². The van der Waals surface area contributed by atoms with Crippen LogP contribution in [0.1, 0.15) is 38.7 Å². The fraction of sp³-hybridized carbons (Fsp3) is 0.346. The van der Waals surface area contributed by atoms with E-state index in [1.165, 1.54) is 15.3 Å². The number of hydrogen-bond acceptors (Lipinski definition) is 6. The first kappa shape index (κ1) is 25.1. The van der Waals surface area contributed by atoms with Crippen LogP contribution in [0.4, 0.5) is 0 Å². The highest BCUT2D eigenvalue weighted by Gasteiger charge is 2.24. The predicted octanol–water partition coefficient (Wildman–Crippen LogP) is 3.17. The molecule has 0 saturated carbocycles. The number of rotatable bonds is 8. The average molecular weight is 494 g/mol. The molecule has 10 heteroatoms. The Kier molecular flexibility index (Phi) is 6.64. The number of carboxylic acids is 1. The van der Waals surface area contributed by atoms with Crippen LogP contribution in [0.2, 0.25) is 0 Å². The molecule has 2 aromatic carbocycles. The number of fused-ring (bicyclic) bond motifs is 1. The topological polar surface area (TPSA) is 149 Å². The zero-order chi connectivity index (χ0) is 26.3. The molecular weight excluding hydrogens is 462 g/mol. The summed E-state index contributed by atoms with van der Waals surface area (Å²) < 4.78 is 4.65. The Balaban J connectivity index is 1.88. The van der Waals surface area contributed by atoms with Crippen molar-refractivity contribution in [2.24, 2.45) is 18.7 Å². The van der Waals surface area contributed by atoms with Gasteiger partial charge in [-0.25, -0.2) is 14.0 Å². The zero-order valence-corrected chi connectivity index (χ0v) is 20.7. The first-order valence-corrected chi connectivity index (χ1v) is 11.8. The first-order chi connectivity index (χ1) is 17.0. The molecule has 0 aliphatic rings. The molecule has 0 saturated heterocycles. The summed E-state index contributed by atoms with van der Waals surface area (Å²) in [5.41, 5.74) is 7.77. The molecule has 0 spiro atoms. The zero-order valence-electron chi connectivity index (χ0n) is 20.7. The highest BCUT2D eigenvalue weighted by atomic mass is 16.4. The lowest BCUT2D eigenvalue weighted by molar-refractivity contribution is -0.139. The van der Waals surface area contributed by atoms with Gasteiger partial charge in [-0.3, -0.25) is 4.79 Å². The fourth-order valence-electron chi connectivity index (χ4n) is 4.35. The van der Waals surface area contributed by atoms with Crippen LogP contribution < -0.4 is 11.4 Å². The lowest BCUT2D eigenvalue weighted by atomic mass is 9.98. The average Bonchev–Trinajstić information content (AvgIpc) is 3.35. The maximum absolute atomic E-state index is 13.6. The van der Waals surface area contributed by atoms with Gasteiger partial charge in [0.1, 0.15) is 17.5 Å². The maximum Gasteiger partial charge on any atom is 0.350 e. The third-order valence-electron chi connectivity index (χ3n) is 6.67. The van der Waals surface area contributed by atoms with Crippen molar-refractivity contribution < 1.29 is 20.1 Å². The quantitative estimate of drug-likeness (QED) is 0.295. The van der Waals surface area contributed by atoms with Crippen LogP contribution in [0.5, 0.6) is 11.5 Å². The number of carbonyl (C=O) groups is 1. The summed E-state index contributed by atoms with van der Waals surface area (Å²) in [7, 11) is 1.93. The van der Waals surface area contributed by atoms with Crippen LogP contribution in [0.15, 0.2) is 47.4 Å². The van der Waals surface area contributed by atoms with Gasteiger partial charge in [-0.15, -0.1) is 5.10 Å². The third kappa shape index (κ3) is 4.47. The molecule has 0 fully saturated rings. The van der Waals surface area contributed by atoms with Crippen LogP contribution in [0.3, 0.4) is 0 Å². The van der Waals surface area contributed by atoms with Crippen molar-refractivity contribution in [1.82, 2.24) is 18.9 Å². The first-order valence-electron chi connectivity index (χ1n) is 11.8. The monoisotopic (exact) mass is 493 g/mol. The summed E-state index contributed by atoms with van der Waals surface area (Å²) in [4.78, 5) is 24.8. The summed E-state index contributed by atoms with van der Waals surface area (Å²) in [5.74, 6) is -1.57. The molecule has 2 unspecified atom stereocenters. The maximum atomic E-state index is 13.6. The van der Waals surface area contributed by atoms with Crippen molar-refractivity contribution in [3.8, 4) is 28.6 Å². The Morgan fingerprint density at radius 2 is 1.81 bits per heavy atom. The lowest BCUT2D eigenvalue weighted by Gasteiger charge is -2.15. The van der Waals surface area contributed by atoms with E-state index in [0.29, 0.717) is 23.2 Å². The highest BCUT2D eigenvalue weighted by Crippen LogP contribution is 2.37. The van der Waals surface area contributed by atoms with E-state index >= 15 is 0 Å². The van der Waals surface area contributed by atoms with Gasteiger partial charge in [0.15, 0.2) is 5.82 Å². The summed E-state index contributed by atoms with van der Waals surface area (Å²) in [6.07, 6.45) is 2.25. The standard InChI is InChI=1S/C26H31N5O5/c1-14(2)18-12-19(22(33)13-21(18)32)24-28-30(10-7-15(3)23(27)25(34)35)26(36)31(24)17-5-6-20-16(11-17)8-9-29(20)4/h5-6,8-9,11-15,23,32-33H,7,10,27H2,1-4H3,(H,34,35). The van der Waals surface area contributed by atoms with Crippen LogP contribution >= 0.6 is 0 Å². The van der Waals surface area contributed by atoms with Gasteiger partial charge in [0.25, 0.3) is 0 Å². The molecular formula is C26H31N5O5. The Morgan fingerprint density at radius 1 is 1.08 bits per heavy atom. The van der Waals surface area contributed by atoms with Gasteiger partial charge in [0, 0.05) is 36.8 Å². The van der Waals surface area contributed by atoms with Crippen LogP contribution in [0.25, 0.3) is 28.0 Å². The van der Waals surface area contributed by atoms with Crippen LogP contribution in [-0.4, -0.2) is 46.2 Å². The van der Waals surface area contributed by atoms with Crippen LogP contribution in [0, 0.1) is 5.92 Å². The molecule has 4 aromatic rings. The van der Waals surface area contributed by atoms with E-state index in [1.807, 2.05) is 55.9 Å². The number of phenolic OH excluding ortho intramolecular Hbond substituents is 2. The summed E-state index contributed by atoms with van der Waals surface area (Å²) >= 11 is 0. The largest absolute Gasteiger partial charge is 0.508 e. The highest BCUT2D eigenvalue weighted by molar-refractivity contribution is 5.82. The van der Waals surface area contributed by atoms with E-state index in [-0.39, 0.29) is 29.8 Å². The summed E-state index contributed by atoms with van der Waals surface area (Å²) in [6, 6.07) is 9.37. The SMILES string of the molecule is CC(C)c1cc(-c2nn(CCC(C)C(N)C(=O)O)c(=O)n2-c2ccc3c(ccn3C)c2)c(O)cc1O. The van der Waals surface area contributed by atoms with Gasteiger partial charge in [-0.05, 0) is 54.2 Å². The van der Waals surface area contributed by atoms with E-state index < -0.39 is 23.6 Å². The Morgan fingerprint density at radius 3 is 2.47 bits per heavy atom. The molecule has 190 valence electrons. The second-order valence-corrected chi connectivity index (χ2v) is 9.55. The van der Waals surface area contributed by atoms with Gasteiger partial charge in [-0.2, -0.15) is 0 Å². The molecule has 0 bridgehead atoms. The van der Waals surface area contributed by atoms with Crippen molar-refractivity contribution in [2.45, 2.75) is 45.7 Å². The number of hydrogen-bond donors (Lipinski definition) is 4. The Labute approximate surface area is 207 Å². The second kappa shape index (κ2) is 9.54. The van der Waals surface area contributed by atoms with E-state index in [1.54, 1.807) is 13.0 Å². The van der Waals surface area contributed by atoms with E-state index in [0.717, 1.165) is 10.9 Å². The normalized spacial score (nSPS) is 13.4. The molecule has 2 heterocycles. The number of aryl methyl sites for hydroxylation is 2. The molecule has 0 aliphatic heterocycles. The number of nitrogens with two attached hydrogens (primary N) is 1. The minimum absolute atomic E-state index is 0.0365. The number of aromatic nitrogens is 4. The third-order valence-corrected chi connectivity index (χ3v) is 6.67. The number of nitrogens with zero attached hydrogens (tertiary/aromatic N) is 4. The minimum atomic E-state index is -1.10. The molecule has 0 amide bonds. The Bertz CT molecular complexity index is 1500. The molecule has 0 radical (unpaired) electrons. The molecule has 2 aromatic heterocycles. The predicted molar refractivity (Wildman–Crippen MR) is 137 cm³/mol. The van der Waals surface area contributed by atoms with Crippen LogP contribution in [-0.2, 0) is 18.4 Å². The second-order valence-electron chi connectivity index (χ2n) is 9.55. The van der Waals surface area contributed by atoms with Gasteiger partial charge in [-0.1, -0.05) is 20.8 Å². The van der Waals surface area contributed by atoms with E-state index in [4.69, 9.17) is 5.73 Å². The minimum Gasteiger partial charge on any atom is -0.508 e. The molecule has 10 nitrogen and oxygen atoms in total. The van der Waals surface area contributed by atoms with E-state index in [2.05, 4.69) is 5.10 Å². The van der Waals surface area contributed by atoms with Gasteiger partial charge >= 0.3 is 11.7 Å². The fourth-order valence-corrected chi connectivity index (χ4v) is 4.35. The van der Waals surface area contributed by atoms with Crippen molar-refractivity contribution in [3.63, 3.8) is 0 Å². The number of carboxylic acid groups (broad SMARTS) is 1. The van der Waals surface area contributed by atoms with Gasteiger partial charge in [0.2, 0.25) is 0 Å².